The fourth-order valence-electron chi connectivity index (χ4n) is 4.75. The van der Waals surface area contributed by atoms with Crippen LogP contribution in [0.3, 0.4) is 0 Å². The van der Waals surface area contributed by atoms with Gasteiger partial charge in [0.1, 0.15) is 17.2 Å². The van der Waals surface area contributed by atoms with Crippen LogP contribution in [-0.4, -0.2) is 37.1 Å². The van der Waals surface area contributed by atoms with Crippen molar-refractivity contribution in [2.75, 3.05) is 20.8 Å². The third-order valence-electron chi connectivity index (χ3n) is 6.37. The van der Waals surface area contributed by atoms with Crippen LogP contribution in [0.4, 0.5) is 4.79 Å². The summed E-state index contributed by atoms with van der Waals surface area (Å²) in [4.78, 5) is 14.7. The van der Waals surface area contributed by atoms with E-state index < -0.39 is 6.16 Å². The van der Waals surface area contributed by atoms with E-state index in [1.165, 1.54) is 0 Å². The Morgan fingerprint density at radius 1 is 0.811 bits per heavy atom. The number of ether oxygens (including phenoxy) is 4. The molecule has 37 heavy (non-hydrogen) atoms. The van der Waals surface area contributed by atoms with Crippen molar-refractivity contribution < 1.29 is 28.8 Å². The van der Waals surface area contributed by atoms with Gasteiger partial charge in [-0.1, -0.05) is 60.7 Å². The van der Waals surface area contributed by atoms with Gasteiger partial charge in [-0.2, -0.15) is 0 Å². The van der Waals surface area contributed by atoms with E-state index >= 15 is 0 Å². The lowest BCUT2D eigenvalue weighted by Crippen LogP contribution is -2.06. The molecule has 0 saturated carbocycles. The van der Waals surface area contributed by atoms with E-state index in [2.05, 4.69) is 17.1 Å². The van der Waals surface area contributed by atoms with Crippen LogP contribution in [0.15, 0.2) is 78.9 Å². The molecule has 1 heterocycles. The van der Waals surface area contributed by atoms with Crippen molar-refractivity contribution >= 4 is 27.8 Å². The number of methoxy groups -OCH3 is 2. The largest absolute Gasteiger partial charge is 0.512 e. The summed E-state index contributed by atoms with van der Waals surface area (Å²) in [5.74, 6) is 2.32. The first-order valence-electron chi connectivity index (χ1n) is 12.0. The molecule has 0 amide bonds. The van der Waals surface area contributed by atoms with Gasteiger partial charge in [-0.15, -0.1) is 0 Å². The maximum absolute atomic E-state index is 11.5. The van der Waals surface area contributed by atoms with E-state index in [9.17, 15) is 9.90 Å². The molecule has 4 aromatic carbocycles. The second kappa shape index (κ2) is 10.5. The maximum atomic E-state index is 11.5. The number of hydrogen-bond acceptors (Lipinski definition) is 5. The molecule has 0 unspecified atom stereocenters. The molecule has 0 bridgehead atoms. The van der Waals surface area contributed by atoms with Crippen molar-refractivity contribution in [3.8, 4) is 34.3 Å². The zero-order valence-corrected chi connectivity index (χ0v) is 20.6. The molecule has 7 nitrogen and oxygen atoms in total. The van der Waals surface area contributed by atoms with Crippen LogP contribution in [0.25, 0.3) is 32.8 Å². The van der Waals surface area contributed by atoms with E-state index in [0.29, 0.717) is 30.9 Å². The van der Waals surface area contributed by atoms with Gasteiger partial charge in [0.05, 0.1) is 31.9 Å². The Balaban J connectivity index is 1.47. The number of benzene rings is 4. The lowest BCUT2D eigenvalue weighted by Gasteiger charge is -2.14. The monoisotopic (exact) mass is 497 g/mol. The molecule has 0 aliphatic rings. The van der Waals surface area contributed by atoms with E-state index in [1.807, 2.05) is 66.7 Å². The smallest absolute Gasteiger partial charge is 0.496 e. The minimum absolute atomic E-state index is 0.203. The van der Waals surface area contributed by atoms with Gasteiger partial charge in [-0.05, 0) is 36.4 Å². The van der Waals surface area contributed by atoms with Crippen LogP contribution in [0.2, 0.25) is 0 Å². The molecule has 1 aromatic heterocycles. The molecule has 0 fully saturated rings. The number of hydrogen-bond donors (Lipinski definition) is 2. The van der Waals surface area contributed by atoms with Crippen molar-refractivity contribution in [1.82, 2.24) is 4.98 Å². The van der Waals surface area contributed by atoms with Crippen LogP contribution in [0.1, 0.15) is 12.0 Å². The van der Waals surface area contributed by atoms with Gasteiger partial charge >= 0.3 is 6.16 Å². The third kappa shape index (κ3) is 4.76. The van der Waals surface area contributed by atoms with Gasteiger partial charge in [0.15, 0.2) is 0 Å². The first kappa shape index (κ1) is 24.1. The summed E-state index contributed by atoms with van der Waals surface area (Å²) in [6, 6.07) is 25.5. The van der Waals surface area contributed by atoms with Crippen molar-refractivity contribution in [1.29, 1.82) is 0 Å². The van der Waals surface area contributed by atoms with Gasteiger partial charge in [-0.25, -0.2) is 4.79 Å². The Morgan fingerprint density at radius 2 is 1.46 bits per heavy atom. The lowest BCUT2D eigenvalue weighted by molar-refractivity contribution is 0.142. The number of H-pyrrole nitrogens is 1. The third-order valence-corrected chi connectivity index (χ3v) is 6.37. The molecule has 0 aliphatic heterocycles. The summed E-state index contributed by atoms with van der Waals surface area (Å²) in [5.41, 5.74) is 3.11. The molecule has 0 aliphatic carbocycles. The highest BCUT2D eigenvalue weighted by Crippen LogP contribution is 2.43. The zero-order chi connectivity index (χ0) is 25.8. The maximum Gasteiger partial charge on any atom is 0.512 e. The van der Waals surface area contributed by atoms with Crippen LogP contribution in [0.5, 0.6) is 23.1 Å². The summed E-state index contributed by atoms with van der Waals surface area (Å²) < 4.78 is 22.5. The number of carbonyl (C=O) groups is 1. The second-order valence-corrected chi connectivity index (χ2v) is 8.50. The molecular weight excluding hydrogens is 470 g/mol. The standard InChI is InChI=1S/C30H27NO6/c1-34-25-16-7-17-26(35-2)27(25)23-13-6-12-21-22(29(31-28(21)23)37-30(32)33)14-8-18-36-24-15-5-10-19-9-3-4-11-20(19)24/h3-7,9-13,15-17,31H,8,14,18H2,1-2H3,(H,32,33). The first-order valence-corrected chi connectivity index (χ1v) is 12.0. The Morgan fingerprint density at radius 3 is 2.22 bits per heavy atom. The van der Waals surface area contributed by atoms with Crippen LogP contribution in [0, 0.1) is 0 Å². The predicted octanol–water partition coefficient (Wildman–Crippen LogP) is 7.07. The number of aromatic nitrogens is 1. The Bertz CT molecular complexity index is 1540. The Kier molecular flexibility index (Phi) is 6.85. The van der Waals surface area contributed by atoms with Crippen LogP contribution in [-0.2, 0) is 6.42 Å². The number of rotatable bonds is 9. The van der Waals surface area contributed by atoms with Gasteiger partial charge in [0.25, 0.3) is 0 Å². The van der Waals surface area contributed by atoms with Crippen molar-refractivity contribution in [2.45, 2.75) is 12.8 Å². The number of para-hydroxylation sites is 1. The van der Waals surface area contributed by atoms with Gasteiger partial charge < -0.3 is 29.0 Å². The average Bonchev–Trinajstić information content (AvgIpc) is 3.27. The molecule has 0 saturated heterocycles. The molecule has 188 valence electrons. The fourth-order valence-corrected chi connectivity index (χ4v) is 4.75. The lowest BCUT2D eigenvalue weighted by atomic mass is 9.99. The summed E-state index contributed by atoms with van der Waals surface area (Å²) in [6.45, 7) is 0.465. The number of aromatic amines is 1. The normalized spacial score (nSPS) is 11.0. The summed E-state index contributed by atoms with van der Waals surface area (Å²) in [5, 5.41) is 12.4. The van der Waals surface area contributed by atoms with E-state index in [4.69, 9.17) is 18.9 Å². The molecule has 0 atom stereocenters. The quantitative estimate of drug-likeness (QED) is 0.167. The molecule has 0 radical (unpaired) electrons. The number of carboxylic acid groups (broad SMARTS) is 1. The van der Waals surface area contributed by atoms with Crippen molar-refractivity contribution in [3.63, 3.8) is 0 Å². The van der Waals surface area contributed by atoms with Crippen molar-refractivity contribution in [3.05, 3.63) is 84.4 Å². The molecule has 2 N–H and O–H groups in total. The zero-order valence-electron chi connectivity index (χ0n) is 20.6. The molecule has 5 aromatic rings. The SMILES string of the molecule is COc1cccc(OC)c1-c1cccc2c(CCCOc3cccc4ccccc34)c(OC(=O)O)[nH]c12. The predicted molar refractivity (Wildman–Crippen MR) is 143 cm³/mol. The number of fused-ring (bicyclic) bond motifs is 2. The van der Waals surface area contributed by atoms with E-state index in [1.54, 1.807) is 14.2 Å². The van der Waals surface area contributed by atoms with Gasteiger partial charge in [0.2, 0.25) is 5.88 Å². The van der Waals surface area contributed by atoms with Gasteiger partial charge in [-0.3, -0.25) is 0 Å². The molecule has 5 rings (SSSR count). The average molecular weight is 498 g/mol. The van der Waals surface area contributed by atoms with Crippen LogP contribution < -0.4 is 18.9 Å². The summed E-state index contributed by atoms with van der Waals surface area (Å²) in [6.07, 6.45) is -0.162. The van der Waals surface area contributed by atoms with Crippen molar-refractivity contribution in [2.24, 2.45) is 0 Å². The number of nitrogens with one attached hydrogen (secondary N) is 1. The minimum Gasteiger partial charge on any atom is -0.496 e. The fraction of sp³-hybridized carbons (Fsp3) is 0.167. The Hall–Kier alpha value is -4.65. The highest BCUT2D eigenvalue weighted by Gasteiger charge is 2.21. The highest BCUT2D eigenvalue weighted by atomic mass is 16.7. The van der Waals surface area contributed by atoms with E-state index in [0.717, 1.165) is 44.1 Å². The van der Waals surface area contributed by atoms with Gasteiger partial charge in [0, 0.05) is 21.9 Å². The second-order valence-electron chi connectivity index (χ2n) is 8.50. The molecule has 0 spiro atoms. The topological polar surface area (TPSA) is 90.0 Å². The van der Waals surface area contributed by atoms with E-state index in [-0.39, 0.29) is 5.88 Å². The summed E-state index contributed by atoms with van der Waals surface area (Å²) in [7, 11) is 3.21. The Labute approximate surface area is 214 Å². The molecular formula is C30H27NO6. The first-order chi connectivity index (χ1) is 18.1. The molecule has 7 heteroatoms. The summed E-state index contributed by atoms with van der Waals surface area (Å²) >= 11 is 0. The highest BCUT2D eigenvalue weighted by molar-refractivity contribution is 6.00. The minimum atomic E-state index is -1.38. The number of aryl methyl sites for hydroxylation is 1. The van der Waals surface area contributed by atoms with Crippen LogP contribution >= 0.6 is 0 Å².